The van der Waals surface area contributed by atoms with Crippen LogP contribution in [-0.2, 0) is 0 Å². The summed E-state index contributed by atoms with van der Waals surface area (Å²) in [7, 11) is 0. The average molecular weight is 819 g/mol. The van der Waals surface area contributed by atoms with Crippen LogP contribution in [0.3, 0.4) is 0 Å². The number of fused-ring (bicyclic) bond motifs is 11. The van der Waals surface area contributed by atoms with Crippen molar-refractivity contribution in [2.45, 2.75) is 0 Å². The minimum Gasteiger partial charge on any atom is -0.315 e. The summed E-state index contributed by atoms with van der Waals surface area (Å²) < 4.78 is 4.99. The molecule has 0 fully saturated rings. The van der Waals surface area contributed by atoms with E-state index in [0.717, 1.165) is 17.1 Å². The number of anilines is 3. The van der Waals surface area contributed by atoms with Gasteiger partial charge in [0.05, 0.1) is 11.0 Å². The Hall–Kier alpha value is -7.98. The highest BCUT2D eigenvalue weighted by molar-refractivity contribution is 7.25. The number of benzene rings is 10. The van der Waals surface area contributed by atoms with E-state index < -0.39 is 0 Å². The summed E-state index contributed by atoms with van der Waals surface area (Å²) in [5, 5.41) is 11.4. The van der Waals surface area contributed by atoms with Gasteiger partial charge in [-0.3, -0.25) is 0 Å². The van der Waals surface area contributed by atoms with Crippen LogP contribution < -0.4 is 4.90 Å². The van der Waals surface area contributed by atoms with E-state index in [2.05, 4.69) is 240 Å². The lowest BCUT2D eigenvalue weighted by atomic mass is 9.93. The molecule has 3 aromatic heterocycles. The van der Waals surface area contributed by atoms with Crippen molar-refractivity contribution in [3.63, 3.8) is 0 Å². The predicted molar refractivity (Wildman–Crippen MR) is 271 cm³/mol. The van der Waals surface area contributed by atoms with Crippen molar-refractivity contribution in [1.82, 2.24) is 4.40 Å². The van der Waals surface area contributed by atoms with Crippen molar-refractivity contribution in [3.05, 3.63) is 231 Å². The van der Waals surface area contributed by atoms with E-state index in [0.29, 0.717) is 0 Å². The molecule has 13 rings (SSSR count). The van der Waals surface area contributed by atoms with Gasteiger partial charge in [-0.05, 0) is 121 Å². The first kappa shape index (κ1) is 35.7. The van der Waals surface area contributed by atoms with E-state index >= 15 is 0 Å². The molecule has 13 aromatic rings. The van der Waals surface area contributed by atoms with Gasteiger partial charge in [0.25, 0.3) is 0 Å². The first-order chi connectivity index (χ1) is 31.2. The van der Waals surface area contributed by atoms with E-state index in [1.165, 1.54) is 102 Å². The number of hydrogen-bond donors (Lipinski definition) is 0. The molecule has 0 aliphatic heterocycles. The fourth-order valence-electron chi connectivity index (χ4n) is 10.0. The van der Waals surface area contributed by atoms with E-state index in [4.69, 9.17) is 0 Å². The van der Waals surface area contributed by atoms with Gasteiger partial charge in [0.2, 0.25) is 0 Å². The van der Waals surface area contributed by atoms with Gasteiger partial charge in [-0.15, -0.1) is 11.3 Å². The third kappa shape index (κ3) is 5.78. The lowest BCUT2D eigenvalue weighted by Crippen LogP contribution is -2.09. The zero-order valence-corrected chi connectivity index (χ0v) is 35.1. The van der Waals surface area contributed by atoms with Gasteiger partial charge in [-0.2, -0.15) is 0 Å². The van der Waals surface area contributed by atoms with Gasteiger partial charge in [-0.25, -0.2) is 0 Å². The fourth-order valence-corrected chi connectivity index (χ4v) is 11.1. The summed E-state index contributed by atoms with van der Waals surface area (Å²) in [4.78, 5) is 2.41. The van der Waals surface area contributed by atoms with Crippen LogP contribution in [0.5, 0.6) is 0 Å². The minimum atomic E-state index is 1.11. The van der Waals surface area contributed by atoms with Gasteiger partial charge in [0.15, 0.2) is 0 Å². The topological polar surface area (TPSA) is 7.65 Å². The second kappa shape index (κ2) is 14.3. The molecular weight excluding hydrogens is 781 g/mol. The van der Waals surface area contributed by atoms with Gasteiger partial charge in [0.1, 0.15) is 0 Å². The molecule has 3 heteroatoms. The molecule has 2 nitrogen and oxygen atoms in total. The molecule has 63 heavy (non-hydrogen) atoms. The monoisotopic (exact) mass is 818 g/mol. The van der Waals surface area contributed by atoms with Gasteiger partial charge < -0.3 is 9.30 Å². The summed E-state index contributed by atoms with van der Waals surface area (Å²) in [6.45, 7) is 0. The smallest absolute Gasteiger partial charge is 0.0619 e. The first-order valence-electron chi connectivity index (χ1n) is 21.6. The van der Waals surface area contributed by atoms with Crippen LogP contribution in [0.15, 0.2) is 231 Å². The van der Waals surface area contributed by atoms with Crippen LogP contribution in [0, 0.1) is 0 Å². The summed E-state index contributed by atoms with van der Waals surface area (Å²) in [6.07, 6.45) is 2.23. The largest absolute Gasteiger partial charge is 0.315 e. The van der Waals surface area contributed by atoms with Crippen molar-refractivity contribution in [2.75, 3.05) is 4.90 Å². The zero-order valence-electron chi connectivity index (χ0n) is 34.2. The highest BCUT2D eigenvalue weighted by Crippen LogP contribution is 2.45. The molecule has 0 atom stereocenters. The van der Waals surface area contributed by atoms with Crippen molar-refractivity contribution in [2.24, 2.45) is 0 Å². The Balaban J connectivity index is 0.944. The maximum absolute atomic E-state index is 2.41. The lowest BCUT2D eigenvalue weighted by molar-refractivity contribution is 1.27. The number of hydrogen-bond acceptors (Lipinski definition) is 2. The number of pyridine rings is 1. The van der Waals surface area contributed by atoms with E-state index in [9.17, 15) is 0 Å². The Kier molecular flexibility index (Phi) is 8.12. The van der Waals surface area contributed by atoms with Gasteiger partial charge >= 0.3 is 0 Å². The van der Waals surface area contributed by atoms with Crippen LogP contribution in [0.4, 0.5) is 17.1 Å². The molecule has 0 saturated carbocycles. The number of aromatic nitrogens is 1. The standard InChI is InChI=1S/C60H38N2S/c1-2-14-42(15-3-1)58-59-51(21-11-22-55(59)61-35-34-41-13-5-7-19-52(41)60(58)61)44-17-10-16-43(36-44)39-26-28-46(29-27-39)62(48-31-33-57-54(38-48)53-20-8-9-23-56(53)63-57)47-30-32-50-45(37-47)25-24-40-12-4-6-18-49(40)50/h1-38H. The van der Waals surface area contributed by atoms with Crippen LogP contribution >= 0.6 is 11.3 Å². The molecule has 0 radical (unpaired) electrons. The Morgan fingerprint density at radius 2 is 0.984 bits per heavy atom. The Bertz CT molecular complexity index is 3910. The fraction of sp³-hybridized carbons (Fsp3) is 0. The molecule has 0 unspecified atom stereocenters. The second-order valence-corrected chi connectivity index (χ2v) is 17.6. The Labute approximate surface area is 368 Å². The third-order valence-electron chi connectivity index (χ3n) is 12.9. The van der Waals surface area contributed by atoms with E-state index in [1.807, 2.05) is 11.3 Å². The zero-order chi connectivity index (χ0) is 41.4. The highest BCUT2D eigenvalue weighted by atomic mass is 32.1. The molecule has 0 aliphatic carbocycles. The average Bonchev–Trinajstić information content (AvgIpc) is 3.90. The summed E-state index contributed by atoms with van der Waals surface area (Å²) in [5.74, 6) is 0. The number of thiophene rings is 1. The molecule has 0 amide bonds. The molecule has 0 saturated heterocycles. The van der Waals surface area contributed by atoms with Gasteiger partial charge in [0, 0.05) is 59.8 Å². The molecule has 0 spiro atoms. The van der Waals surface area contributed by atoms with Gasteiger partial charge in [-0.1, -0.05) is 158 Å². The molecule has 294 valence electrons. The van der Waals surface area contributed by atoms with Crippen LogP contribution in [0.25, 0.3) is 102 Å². The SMILES string of the molecule is c1ccc(-c2c3c(-c4cccc(-c5ccc(N(c6ccc7c(ccc8ccccc87)c6)c6ccc7sc8ccccc8c7c6)cc5)c4)cccc3n3ccc4ccccc4c23)cc1. The summed E-state index contributed by atoms with van der Waals surface area (Å²) >= 11 is 1.86. The molecule has 0 N–H and O–H groups in total. The quantitative estimate of drug-likeness (QED) is 0.152. The van der Waals surface area contributed by atoms with Crippen LogP contribution in [-0.4, -0.2) is 4.40 Å². The maximum atomic E-state index is 2.41. The van der Waals surface area contributed by atoms with Crippen LogP contribution in [0.2, 0.25) is 0 Å². The summed E-state index contributed by atoms with van der Waals surface area (Å²) in [5.41, 5.74) is 13.1. The lowest BCUT2D eigenvalue weighted by Gasteiger charge is -2.26. The second-order valence-electron chi connectivity index (χ2n) is 16.5. The van der Waals surface area contributed by atoms with Crippen molar-refractivity contribution < 1.29 is 0 Å². The maximum Gasteiger partial charge on any atom is 0.0619 e. The highest BCUT2D eigenvalue weighted by Gasteiger charge is 2.21. The van der Waals surface area contributed by atoms with Crippen molar-refractivity contribution in [1.29, 1.82) is 0 Å². The first-order valence-corrected chi connectivity index (χ1v) is 22.4. The van der Waals surface area contributed by atoms with E-state index in [-0.39, 0.29) is 0 Å². The Morgan fingerprint density at radius 3 is 1.86 bits per heavy atom. The van der Waals surface area contributed by atoms with E-state index in [1.54, 1.807) is 0 Å². The normalized spacial score (nSPS) is 11.8. The molecule has 3 heterocycles. The Morgan fingerprint density at radius 1 is 0.349 bits per heavy atom. The van der Waals surface area contributed by atoms with Crippen molar-refractivity contribution >= 4 is 97.3 Å². The minimum absolute atomic E-state index is 1.11. The summed E-state index contributed by atoms with van der Waals surface area (Å²) in [6, 6.07) is 82.6. The molecular formula is C60H38N2S. The molecule has 0 bridgehead atoms. The number of nitrogens with zero attached hydrogens (tertiary/aromatic N) is 2. The van der Waals surface area contributed by atoms with Crippen LogP contribution in [0.1, 0.15) is 0 Å². The third-order valence-corrected chi connectivity index (χ3v) is 14.1. The predicted octanol–water partition coefficient (Wildman–Crippen LogP) is 17.4. The van der Waals surface area contributed by atoms with Crippen molar-refractivity contribution in [3.8, 4) is 33.4 Å². The number of rotatable bonds is 6. The molecule has 0 aliphatic rings. The molecule has 10 aromatic carbocycles.